The highest BCUT2D eigenvalue weighted by Gasteiger charge is 2.27. The van der Waals surface area contributed by atoms with E-state index in [9.17, 15) is 27.9 Å². The van der Waals surface area contributed by atoms with Crippen molar-refractivity contribution < 1.29 is 32.6 Å². The minimum Gasteiger partial charge on any atom is -0.480 e. The molecule has 0 radical (unpaired) electrons. The number of ether oxygens (including phenoxy) is 1. The van der Waals surface area contributed by atoms with E-state index in [1.807, 2.05) is 56.5 Å². The number of aliphatic carboxylic acids is 1. The molecule has 0 aromatic heterocycles. The van der Waals surface area contributed by atoms with E-state index >= 15 is 0 Å². The zero-order valence-corrected chi connectivity index (χ0v) is 20.8. The summed E-state index contributed by atoms with van der Waals surface area (Å²) < 4.78 is 42.0. The molecule has 0 saturated heterocycles. The standard InChI is InChI=1S/C20H23NO3S.C7H3F3O/c1-13-8-9-16(17(12-13)15-7-5-4-6-14(15)2)19(22)21-18(20(23)24)10-11-25-3;8-5-2-3-1-4(6(5)9)7(10)11-3/h4-9,12,18H,10-11H2,1-3H3,(H,21,22)(H,23,24);1-2,7H. The van der Waals surface area contributed by atoms with Gasteiger partial charge in [-0.3, -0.25) is 4.79 Å². The number of carboxylic acids is 1. The van der Waals surface area contributed by atoms with Crippen molar-refractivity contribution in [3.05, 3.63) is 88.5 Å². The molecule has 9 heteroatoms. The van der Waals surface area contributed by atoms with E-state index in [1.54, 1.807) is 17.8 Å². The Morgan fingerprint density at radius 1 is 1.08 bits per heavy atom. The molecule has 0 fully saturated rings. The van der Waals surface area contributed by atoms with E-state index < -0.39 is 30.0 Å². The van der Waals surface area contributed by atoms with Crippen LogP contribution in [-0.2, 0) is 4.79 Å². The molecule has 1 amide bonds. The molecule has 36 heavy (non-hydrogen) atoms. The van der Waals surface area contributed by atoms with Gasteiger partial charge in [-0.15, -0.1) is 0 Å². The smallest absolute Gasteiger partial charge is 0.326 e. The third kappa shape index (κ3) is 6.40. The number of carbonyl (C=O) groups is 2. The van der Waals surface area contributed by atoms with Crippen molar-refractivity contribution in [3.63, 3.8) is 0 Å². The first-order chi connectivity index (χ1) is 17.1. The number of hydrogen-bond acceptors (Lipinski definition) is 4. The van der Waals surface area contributed by atoms with Gasteiger partial charge in [0.25, 0.3) is 12.3 Å². The summed E-state index contributed by atoms with van der Waals surface area (Å²) in [6.45, 7) is 3.97. The molecule has 0 saturated carbocycles. The summed E-state index contributed by atoms with van der Waals surface area (Å²) in [5.41, 5.74) is 4.05. The summed E-state index contributed by atoms with van der Waals surface area (Å²) in [5.74, 6) is -2.89. The lowest BCUT2D eigenvalue weighted by molar-refractivity contribution is -0.139. The molecule has 0 aliphatic carbocycles. The average Bonchev–Trinajstić information content (AvgIpc) is 3.16. The Morgan fingerprint density at radius 3 is 2.47 bits per heavy atom. The van der Waals surface area contributed by atoms with Crippen molar-refractivity contribution >= 4 is 23.6 Å². The predicted octanol–water partition coefficient (Wildman–Crippen LogP) is 6.23. The Morgan fingerprint density at radius 2 is 1.81 bits per heavy atom. The van der Waals surface area contributed by atoms with E-state index in [0.717, 1.165) is 34.4 Å². The molecule has 190 valence electrons. The van der Waals surface area contributed by atoms with Crippen molar-refractivity contribution in [2.24, 2.45) is 0 Å². The maximum Gasteiger partial charge on any atom is 0.326 e. The second-order valence-corrected chi connectivity index (χ2v) is 9.24. The second-order valence-electron chi connectivity index (χ2n) is 8.25. The summed E-state index contributed by atoms with van der Waals surface area (Å²) in [6, 6.07) is 14.5. The molecule has 2 N–H and O–H groups in total. The third-order valence-electron chi connectivity index (χ3n) is 5.58. The van der Waals surface area contributed by atoms with Crippen LogP contribution in [0.5, 0.6) is 5.75 Å². The lowest BCUT2D eigenvalue weighted by atomic mass is 9.94. The normalized spacial score (nSPS) is 14.3. The molecule has 3 aromatic carbocycles. The minimum absolute atomic E-state index is 0.0337. The number of aryl methyl sites for hydroxylation is 2. The van der Waals surface area contributed by atoms with Crippen LogP contribution in [0.4, 0.5) is 13.2 Å². The maximum absolute atomic E-state index is 12.8. The number of carboxylic acid groups (broad SMARTS) is 1. The van der Waals surface area contributed by atoms with Gasteiger partial charge in [-0.2, -0.15) is 16.2 Å². The van der Waals surface area contributed by atoms with Crippen molar-refractivity contribution in [1.29, 1.82) is 0 Å². The lowest BCUT2D eigenvalue weighted by Gasteiger charge is -2.17. The van der Waals surface area contributed by atoms with Crippen LogP contribution < -0.4 is 10.1 Å². The molecular weight excluding hydrogens is 491 g/mol. The molecule has 1 aliphatic heterocycles. The van der Waals surface area contributed by atoms with Gasteiger partial charge in [0.1, 0.15) is 11.8 Å². The highest BCUT2D eigenvalue weighted by Crippen LogP contribution is 2.36. The van der Waals surface area contributed by atoms with Gasteiger partial charge >= 0.3 is 5.97 Å². The fourth-order valence-electron chi connectivity index (χ4n) is 3.68. The number of halogens is 3. The number of nitrogens with one attached hydrogen (secondary N) is 1. The van der Waals surface area contributed by atoms with Gasteiger partial charge in [0, 0.05) is 11.6 Å². The molecule has 2 unspecified atom stereocenters. The van der Waals surface area contributed by atoms with Gasteiger partial charge in [0.05, 0.1) is 5.56 Å². The molecule has 2 atom stereocenters. The number of fused-ring (bicyclic) bond motifs is 2. The predicted molar refractivity (Wildman–Crippen MR) is 134 cm³/mol. The van der Waals surface area contributed by atoms with Gasteiger partial charge in [0.2, 0.25) is 0 Å². The van der Waals surface area contributed by atoms with E-state index in [-0.39, 0.29) is 17.2 Å². The summed E-state index contributed by atoms with van der Waals surface area (Å²) in [4.78, 5) is 24.2. The quantitative estimate of drug-likeness (QED) is 0.389. The maximum atomic E-state index is 12.8. The first-order valence-corrected chi connectivity index (χ1v) is 12.5. The van der Waals surface area contributed by atoms with Gasteiger partial charge < -0.3 is 15.2 Å². The van der Waals surface area contributed by atoms with Crippen molar-refractivity contribution in [2.75, 3.05) is 12.0 Å². The van der Waals surface area contributed by atoms with E-state index in [1.165, 1.54) is 0 Å². The highest BCUT2D eigenvalue weighted by molar-refractivity contribution is 7.98. The topological polar surface area (TPSA) is 75.6 Å². The van der Waals surface area contributed by atoms with Crippen molar-refractivity contribution in [2.45, 2.75) is 32.7 Å². The Labute approximate surface area is 211 Å². The average molecular weight is 518 g/mol. The van der Waals surface area contributed by atoms with Crippen LogP contribution in [-0.4, -0.2) is 35.0 Å². The van der Waals surface area contributed by atoms with Crippen LogP contribution in [0.25, 0.3) is 11.1 Å². The van der Waals surface area contributed by atoms with E-state index in [2.05, 4.69) is 10.1 Å². The van der Waals surface area contributed by atoms with Crippen LogP contribution in [0.15, 0.2) is 54.6 Å². The largest absolute Gasteiger partial charge is 0.480 e. The van der Waals surface area contributed by atoms with E-state index in [4.69, 9.17) is 0 Å². The Kier molecular flexibility index (Phi) is 9.03. The first-order valence-electron chi connectivity index (χ1n) is 11.1. The number of alkyl halides is 1. The minimum atomic E-state index is -1.85. The Hall–Kier alpha value is -3.46. The first kappa shape index (κ1) is 27.1. The lowest BCUT2D eigenvalue weighted by Crippen LogP contribution is -2.41. The molecular formula is C27H26F3NO4S. The zero-order valence-electron chi connectivity index (χ0n) is 20.0. The number of benzene rings is 3. The SMILES string of the molecule is CSCCC(NC(=O)c1ccc(C)cc1-c1ccccc1C)C(=O)O.Fc1cc2cc(c1F)C(F)O2. The zero-order chi connectivity index (χ0) is 26.4. The number of hydrogen-bond donors (Lipinski definition) is 2. The van der Waals surface area contributed by atoms with Crippen LogP contribution in [0.2, 0.25) is 0 Å². The summed E-state index contributed by atoms with van der Waals surface area (Å²) in [5, 5.41) is 12.0. The third-order valence-corrected chi connectivity index (χ3v) is 6.23. The monoisotopic (exact) mass is 517 g/mol. The molecule has 1 aliphatic rings. The summed E-state index contributed by atoms with van der Waals surface area (Å²) in [7, 11) is 0. The van der Waals surface area contributed by atoms with Gasteiger partial charge in [0.15, 0.2) is 11.6 Å². The van der Waals surface area contributed by atoms with Crippen LogP contribution >= 0.6 is 11.8 Å². The fourth-order valence-corrected chi connectivity index (χ4v) is 4.16. The van der Waals surface area contributed by atoms with Gasteiger partial charge in [-0.1, -0.05) is 42.0 Å². The molecule has 1 heterocycles. The Balaban J connectivity index is 0.000000270. The van der Waals surface area contributed by atoms with E-state index in [0.29, 0.717) is 17.7 Å². The van der Waals surface area contributed by atoms with Crippen LogP contribution in [0, 0.1) is 25.5 Å². The Bertz CT molecular complexity index is 1270. The van der Waals surface area contributed by atoms with Crippen molar-refractivity contribution in [3.8, 4) is 16.9 Å². The van der Waals surface area contributed by atoms with Gasteiger partial charge in [-0.05, 0) is 61.1 Å². The number of carbonyl (C=O) groups excluding carboxylic acids is 1. The second kappa shape index (κ2) is 12.0. The molecule has 5 nitrogen and oxygen atoms in total. The number of thioether (sulfide) groups is 1. The molecule has 0 spiro atoms. The number of amides is 1. The summed E-state index contributed by atoms with van der Waals surface area (Å²) >= 11 is 1.56. The van der Waals surface area contributed by atoms with Crippen LogP contribution in [0.3, 0.4) is 0 Å². The molecule has 3 aromatic rings. The highest BCUT2D eigenvalue weighted by atomic mass is 32.2. The fraction of sp³-hybridized carbons (Fsp3) is 0.259. The van der Waals surface area contributed by atoms with Gasteiger partial charge in [-0.25, -0.2) is 13.6 Å². The summed E-state index contributed by atoms with van der Waals surface area (Å²) in [6.07, 6.45) is 0.458. The molecule has 2 bridgehead atoms. The number of rotatable bonds is 7. The molecule has 4 rings (SSSR count). The van der Waals surface area contributed by atoms with Crippen molar-refractivity contribution in [1.82, 2.24) is 5.32 Å². The van der Waals surface area contributed by atoms with Crippen LogP contribution in [0.1, 0.15) is 39.8 Å².